The fourth-order valence-electron chi connectivity index (χ4n) is 1.88. The van der Waals surface area contributed by atoms with Crippen LogP contribution in [0, 0.1) is 12.8 Å². The summed E-state index contributed by atoms with van der Waals surface area (Å²) in [5, 5.41) is 9.20. The van der Waals surface area contributed by atoms with Crippen molar-refractivity contribution in [2.45, 2.75) is 32.4 Å². The predicted octanol–water partition coefficient (Wildman–Crippen LogP) is 1.90. The molecule has 14 heavy (non-hydrogen) atoms. The molecule has 1 fully saturated rings. The third-order valence-electron chi connectivity index (χ3n) is 2.96. The minimum absolute atomic E-state index is 0.0933. The molecule has 0 aromatic heterocycles. The molecule has 76 valence electrons. The first-order chi connectivity index (χ1) is 6.72. The van der Waals surface area contributed by atoms with Gasteiger partial charge in [-0.2, -0.15) is 0 Å². The maximum Gasteiger partial charge on any atom is 0.0685 e. The van der Waals surface area contributed by atoms with Gasteiger partial charge < -0.3 is 10.8 Å². The Hall–Kier alpha value is -0.860. The Morgan fingerprint density at radius 2 is 2.21 bits per heavy atom. The fourth-order valence-corrected chi connectivity index (χ4v) is 1.88. The highest BCUT2D eigenvalue weighted by Gasteiger charge is 2.30. The lowest BCUT2D eigenvalue weighted by molar-refractivity contribution is 0.279. The van der Waals surface area contributed by atoms with Gasteiger partial charge in [-0.05, 0) is 36.8 Å². The van der Waals surface area contributed by atoms with E-state index in [0.717, 1.165) is 11.1 Å². The second kappa shape index (κ2) is 3.71. The Balaban J connectivity index is 2.32. The fraction of sp³-hybridized carbons (Fsp3) is 0.500. The monoisotopic (exact) mass is 191 g/mol. The smallest absolute Gasteiger partial charge is 0.0685 e. The summed E-state index contributed by atoms with van der Waals surface area (Å²) in [4.78, 5) is 0. The number of hydrogen-bond donors (Lipinski definition) is 2. The number of nitrogens with two attached hydrogens (primary N) is 1. The minimum Gasteiger partial charge on any atom is -0.392 e. The van der Waals surface area contributed by atoms with Gasteiger partial charge in [0, 0.05) is 6.04 Å². The minimum atomic E-state index is 0.0933. The van der Waals surface area contributed by atoms with Crippen molar-refractivity contribution in [1.82, 2.24) is 0 Å². The van der Waals surface area contributed by atoms with E-state index in [1.54, 1.807) is 0 Å². The normalized spacial score (nSPS) is 18.2. The molecule has 0 amide bonds. The van der Waals surface area contributed by atoms with Gasteiger partial charge in [-0.25, -0.2) is 0 Å². The first kappa shape index (κ1) is 9.69. The van der Waals surface area contributed by atoms with Crippen LogP contribution in [0.25, 0.3) is 0 Å². The Bertz CT molecular complexity index is 331. The first-order valence-corrected chi connectivity index (χ1v) is 5.18. The van der Waals surface area contributed by atoms with Gasteiger partial charge in [-0.1, -0.05) is 23.8 Å². The van der Waals surface area contributed by atoms with Crippen LogP contribution in [-0.2, 0) is 6.61 Å². The molecular formula is C12H17NO. The summed E-state index contributed by atoms with van der Waals surface area (Å²) in [5.74, 6) is 0.641. The van der Waals surface area contributed by atoms with Gasteiger partial charge in [0.05, 0.1) is 6.61 Å². The van der Waals surface area contributed by atoms with Crippen LogP contribution < -0.4 is 5.73 Å². The van der Waals surface area contributed by atoms with Gasteiger partial charge in [0.15, 0.2) is 0 Å². The molecular weight excluding hydrogens is 174 g/mol. The van der Waals surface area contributed by atoms with Crippen LogP contribution in [0.4, 0.5) is 0 Å². The van der Waals surface area contributed by atoms with Gasteiger partial charge in [0.1, 0.15) is 0 Å². The van der Waals surface area contributed by atoms with E-state index in [1.807, 2.05) is 12.1 Å². The Morgan fingerprint density at radius 1 is 1.50 bits per heavy atom. The maximum atomic E-state index is 9.20. The lowest BCUT2D eigenvalue weighted by Crippen LogP contribution is -2.14. The van der Waals surface area contributed by atoms with Crippen molar-refractivity contribution < 1.29 is 5.11 Å². The number of hydrogen-bond acceptors (Lipinski definition) is 2. The predicted molar refractivity (Wildman–Crippen MR) is 56.8 cm³/mol. The third kappa shape index (κ3) is 1.81. The zero-order valence-corrected chi connectivity index (χ0v) is 8.53. The summed E-state index contributed by atoms with van der Waals surface area (Å²) in [5.41, 5.74) is 9.47. The Kier molecular flexibility index (Phi) is 2.57. The molecule has 1 aliphatic carbocycles. The maximum absolute atomic E-state index is 9.20. The van der Waals surface area contributed by atoms with Crippen LogP contribution >= 0.6 is 0 Å². The molecule has 0 radical (unpaired) electrons. The standard InChI is InChI=1S/C12H17NO/c1-8-2-3-10(7-14)11(6-8)12(13)9-4-5-9/h2-3,6,9,12,14H,4-5,7,13H2,1H3/t12-/m1/s1. The number of rotatable bonds is 3. The molecule has 3 N–H and O–H groups in total. The molecule has 0 heterocycles. The summed E-state index contributed by atoms with van der Waals surface area (Å²) in [6.45, 7) is 2.15. The van der Waals surface area contributed by atoms with E-state index in [2.05, 4.69) is 13.0 Å². The van der Waals surface area contributed by atoms with E-state index in [4.69, 9.17) is 5.73 Å². The summed E-state index contributed by atoms with van der Waals surface area (Å²) >= 11 is 0. The van der Waals surface area contributed by atoms with Gasteiger partial charge in [0.2, 0.25) is 0 Å². The highest BCUT2D eigenvalue weighted by molar-refractivity contribution is 5.34. The molecule has 1 aromatic rings. The van der Waals surface area contributed by atoms with Crippen molar-refractivity contribution in [2.75, 3.05) is 0 Å². The van der Waals surface area contributed by atoms with Crippen LogP contribution in [0.2, 0.25) is 0 Å². The Labute approximate surface area is 84.7 Å². The van der Waals surface area contributed by atoms with E-state index in [9.17, 15) is 5.11 Å². The molecule has 1 saturated carbocycles. The number of aryl methyl sites for hydroxylation is 1. The zero-order valence-electron chi connectivity index (χ0n) is 8.53. The zero-order chi connectivity index (χ0) is 10.1. The highest BCUT2D eigenvalue weighted by atomic mass is 16.3. The molecule has 0 unspecified atom stereocenters. The van der Waals surface area contributed by atoms with E-state index < -0.39 is 0 Å². The van der Waals surface area contributed by atoms with Crippen molar-refractivity contribution in [1.29, 1.82) is 0 Å². The van der Waals surface area contributed by atoms with Gasteiger partial charge in [-0.15, -0.1) is 0 Å². The van der Waals surface area contributed by atoms with Gasteiger partial charge >= 0.3 is 0 Å². The molecule has 0 bridgehead atoms. The molecule has 2 heteroatoms. The average Bonchev–Trinajstić information content (AvgIpc) is 3.00. The lowest BCUT2D eigenvalue weighted by atomic mass is 9.96. The first-order valence-electron chi connectivity index (χ1n) is 5.18. The molecule has 1 aromatic carbocycles. The van der Waals surface area contributed by atoms with Crippen LogP contribution in [0.1, 0.15) is 35.6 Å². The van der Waals surface area contributed by atoms with Crippen molar-refractivity contribution >= 4 is 0 Å². The van der Waals surface area contributed by atoms with Crippen molar-refractivity contribution in [3.63, 3.8) is 0 Å². The number of aliphatic hydroxyl groups excluding tert-OH is 1. The number of benzene rings is 1. The Morgan fingerprint density at radius 3 is 2.79 bits per heavy atom. The van der Waals surface area contributed by atoms with Crippen molar-refractivity contribution in [3.8, 4) is 0 Å². The van der Waals surface area contributed by atoms with Crippen molar-refractivity contribution in [3.05, 3.63) is 34.9 Å². The summed E-state index contributed by atoms with van der Waals surface area (Å²) in [7, 11) is 0. The van der Waals surface area contributed by atoms with Gasteiger partial charge in [-0.3, -0.25) is 0 Å². The molecule has 2 rings (SSSR count). The topological polar surface area (TPSA) is 46.2 Å². The van der Waals surface area contributed by atoms with Gasteiger partial charge in [0.25, 0.3) is 0 Å². The van der Waals surface area contributed by atoms with Crippen LogP contribution in [0.3, 0.4) is 0 Å². The van der Waals surface area contributed by atoms with Crippen molar-refractivity contribution in [2.24, 2.45) is 11.7 Å². The summed E-state index contributed by atoms with van der Waals surface area (Å²) in [6, 6.07) is 6.23. The quantitative estimate of drug-likeness (QED) is 0.766. The summed E-state index contributed by atoms with van der Waals surface area (Å²) < 4.78 is 0. The molecule has 0 spiro atoms. The van der Waals surface area contributed by atoms with Crippen LogP contribution in [0.15, 0.2) is 18.2 Å². The van der Waals surface area contributed by atoms with Crippen LogP contribution in [-0.4, -0.2) is 5.11 Å². The summed E-state index contributed by atoms with van der Waals surface area (Å²) in [6.07, 6.45) is 2.47. The third-order valence-corrected chi connectivity index (χ3v) is 2.96. The highest BCUT2D eigenvalue weighted by Crippen LogP contribution is 2.40. The average molecular weight is 191 g/mol. The van der Waals surface area contributed by atoms with E-state index >= 15 is 0 Å². The molecule has 1 aliphatic rings. The second-order valence-electron chi connectivity index (χ2n) is 4.22. The molecule has 2 nitrogen and oxygen atoms in total. The van der Waals surface area contributed by atoms with E-state index in [0.29, 0.717) is 5.92 Å². The largest absolute Gasteiger partial charge is 0.392 e. The molecule has 0 saturated heterocycles. The van der Waals surface area contributed by atoms with E-state index in [-0.39, 0.29) is 12.6 Å². The lowest BCUT2D eigenvalue weighted by Gasteiger charge is -2.15. The molecule has 1 atom stereocenters. The SMILES string of the molecule is Cc1ccc(CO)c([C@H](N)C2CC2)c1. The van der Waals surface area contributed by atoms with Crippen LogP contribution in [0.5, 0.6) is 0 Å². The van der Waals surface area contributed by atoms with E-state index in [1.165, 1.54) is 18.4 Å². The second-order valence-corrected chi connectivity index (χ2v) is 4.22. The molecule has 0 aliphatic heterocycles. The number of aliphatic hydroxyl groups is 1.